The highest BCUT2D eigenvalue weighted by molar-refractivity contribution is 5.96. The first-order valence-electron chi connectivity index (χ1n) is 9.53. The van der Waals surface area contributed by atoms with Crippen LogP contribution in [0.25, 0.3) is 0 Å². The number of nitrogens with zero attached hydrogens (tertiary/aromatic N) is 2. The van der Waals surface area contributed by atoms with Crippen LogP contribution >= 0.6 is 12.4 Å². The Labute approximate surface area is 176 Å². The van der Waals surface area contributed by atoms with E-state index in [1.54, 1.807) is 10.9 Å². The number of aryl methyl sites for hydroxylation is 1. The predicted octanol–water partition coefficient (Wildman–Crippen LogP) is 4.12. The SMILES string of the molecule is Cc1cccc(Oc2ccc(NC(=O)C3(n4cccn4)CCNCC3)cc2)c1.Cl. The number of hydrogen-bond donors (Lipinski definition) is 2. The van der Waals surface area contributed by atoms with Gasteiger partial charge < -0.3 is 15.4 Å². The molecule has 1 aliphatic rings. The lowest BCUT2D eigenvalue weighted by molar-refractivity contribution is -0.126. The van der Waals surface area contributed by atoms with Gasteiger partial charge in [0.1, 0.15) is 17.0 Å². The number of ether oxygens (including phenoxy) is 1. The average molecular weight is 413 g/mol. The monoisotopic (exact) mass is 412 g/mol. The largest absolute Gasteiger partial charge is 0.457 e. The Bertz CT molecular complexity index is 936. The van der Waals surface area contributed by atoms with Gasteiger partial charge in [-0.3, -0.25) is 9.48 Å². The van der Waals surface area contributed by atoms with Gasteiger partial charge in [-0.15, -0.1) is 12.4 Å². The summed E-state index contributed by atoms with van der Waals surface area (Å²) < 4.78 is 7.67. The molecule has 1 saturated heterocycles. The van der Waals surface area contributed by atoms with E-state index in [1.807, 2.05) is 67.7 Å². The molecule has 1 amide bonds. The standard InChI is InChI=1S/C22H24N4O2.ClH/c1-17-4-2-5-20(16-17)28-19-8-6-18(7-9-19)25-21(27)22(10-13-23-14-11-22)26-15-3-12-24-26;/h2-9,12,15-16,23H,10-11,13-14H2,1H3,(H,25,27);1H. The molecule has 152 valence electrons. The molecular weight excluding hydrogens is 388 g/mol. The highest BCUT2D eigenvalue weighted by Gasteiger charge is 2.42. The molecule has 1 aliphatic heterocycles. The van der Waals surface area contributed by atoms with Crippen LogP contribution in [-0.4, -0.2) is 28.8 Å². The van der Waals surface area contributed by atoms with Gasteiger partial charge in [0.05, 0.1) is 0 Å². The van der Waals surface area contributed by atoms with Crippen molar-refractivity contribution >= 4 is 24.0 Å². The number of aromatic nitrogens is 2. The summed E-state index contributed by atoms with van der Waals surface area (Å²) in [5.41, 5.74) is 1.23. The van der Waals surface area contributed by atoms with Crippen molar-refractivity contribution in [3.8, 4) is 11.5 Å². The molecule has 2 N–H and O–H groups in total. The quantitative estimate of drug-likeness (QED) is 0.661. The molecule has 0 atom stereocenters. The zero-order valence-corrected chi connectivity index (χ0v) is 17.1. The minimum absolute atomic E-state index is 0. The third-order valence-corrected chi connectivity index (χ3v) is 5.13. The number of carbonyl (C=O) groups excluding carboxylic acids is 1. The molecule has 2 aromatic carbocycles. The summed E-state index contributed by atoms with van der Waals surface area (Å²) >= 11 is 0. The lowest BCUT2D eigenvalue weighted by Crippen LogP contribution is -2.52. The summed E-state index contributed by atoms with van der Waals surface area (Å²) in [5, 5.41) is 10.7. The normalized spacial score (nSPS) is 15.2. The smallest absolute Gasteiger partial charge is 0.252 e. The van der Waals surface area contributed by atoms with E-state index in [4.69, 9.17) is 4.74 Å². The van der Waals surface area contributed by atoms with Crippen molar-refractivity contribution in [1.29, 1.82) is 0 Å². The molecule has 0 unspecified atom stereocenters. The number of rotatable bonds is 5. The van der Waals surface area contributed by atoms with Gasteiger partial charge in [-0.25, -0.2) is 0 Å². The van der Waals surface area contributed by atoms with E-state index in [9.17, 15) is 4.79 Å². The number of anilines is 1. The first kappa shape index (κ1) is 20.9. The lowest BCUT2D eigenvalue weighted by atomic mass is 9.87. The summed E-state index contributed by atoms with van der Waals surface area (Å²) in [6, 6.07) is 17.2. The molecule has 7 heteroatoms. The maximum atomic E-state index is 13.2. The summed E-state index contributed by atoms with van der Waals surface area (Å²) in [5.74, 6) is 1.49. The first-order chi connectivity index (χ1) is 13.7. The van der Waals surface area contributed by atoms with Crippen LogP contribution in [0.4, 0.5) is 5.69 Å². The highest BCUT2D eigenvalue weighted by Crippen LogP contribution is 2.29. The second-order valence-corrected chi connectivity index (χ2v) is 7.13. The number of amides is 1. The number of halogens is 1. The molecule has 4 rings (SSSR count). The zero-order valence-electron chi connectivity index (χ0n) is 16.3. The molecule has 0 spiro atoms. The molecule has 29 heavy (non-hydrogen) atoms. The van der Waals surface area contributed by atoms with Gasteiger partial charge in [-0.05, 0) is 80.9 Å². The molecule has 0 radical (unpaired) electrons. The summed E-state index contributed by atoms with van der Waals surface area (Å²) in [4.78, 5) is 13.2. The van der Waals surface area contributed by atoms with Crippen molar-refractivity contribution in [2.45, 2.75) is 25.3 Å². The second kappa shape index (κ2) is 9.11. The summed E-state index contributed by atoms with van der Waals surface area (Å²) in [6.45, 7) is 3.61. The minimum atomic E-state index is -0.661. The van der Waals surface area contributed by atoms with Gasteiger partial charge in [0.25, 0.3) is 5.91 Å². The van der Waals surface area contributed by atoms with Crippen molar-refractivity contribution in [2.24, 2.45) is 0 Å². The van der Waals surface area contributed by atoms with Gasteiger partial charge >= 0.3 is 0 Å². The number of nitrogens with one attached hydrogen (secondary N) is 2. The Morgan fingerprint density at radius 2 is 1.86 bits per heavy atom. The van der Waals surface area contributed by atoms with E-state index in [0.717, 1.165) is 35.8 Å². The molecule has 3 aromatic rings. The van der Waals surface area contributed by atoms with Crippen LogP contribution in [0.3, 0.4) is 0 Å². The van der Waals surface area contributed by atoms with Gasteiger partial charge in [0.15, 0.2) is 0 Å². The molecule has 1 fully saturated rings. The fourth-order valence-electron chi connectivity index (χ4n) is 3.59. The minimum Gasteiger partial charge on any atom is -0.457 e. The Hall–Kier alpha value is -2.83. The van der Waals surface area contributed by atoms with E-state index < -0.39 is 5.54 Å². The van der Waals surface area contributed by atoms with E-state index in [-0.39, 0.29) is 18.3 Å². The fraction of sp³-hybridized carbons (Fsp3) is 0.273. The van der Waals surface area contributed by atoms with Crippen LogP contribution in [0.15, 0.2) is 67.0 Å². The second-order valence-electron chi connectivity index (χ2n) is 7.13. The van der Waals surface area contributed by atoms with Gasteiger partial charge in [-0.1, -0.05) is 12.1 Å². The number of benzene rings is 2. The van der Waals surface area contributed by atoms with E-state index in [2.05, 4.69) is 15.7 Å². The van der Waals surface area contributed by atoms with Crippen LogP contribution < -0.4 is 15.4 Å². The zero-order chi connectivity index (χ0) is 19.4. The van der Waals surface area contributed by atoms with Crippen molar-refractivity contribution in [2.75, 3.05) is 18.4 Å². The molecule has 0 aliphatic carbocycles. The van der Waals surface area contributed by atoms with Crippen LogP contribution in [-0.2, 0) is 10.3 Å². The van der Waals surface area contributed by atoms with E-state index >= 15 is 0 Å². The predicted molar refractivity (Wildman–Crippen MR) is 116 cm³/mol. The Morgan fingerprint density at radius 3 is 2.52 bits per heavy atom. The Balaban J connectivity index is 0.00000240. The molecular formula is C22H25ClN4O2. The van der Waals surface area contributed by atoms with Crippen molar-refractivity contribution < 1.29 is 9.53 Å². The average Bonchev–Trinajstić information content (AvgIpc) is 3.25. The van der Waals surface area contributed by atoms with Crippen LogP contribution in [0, 0.1) is 6.92 Å². The number of carbonyl (C=O) groups is 1. The van der Waals surface area contributed by atoms with E-state index in [1.165, 1.54) is 0 Å². The van der Waals surface area contributed by atoms with Gasteiger partial charge in [0.2, 0.25) is 0 Å². The van der Waals surface area contributed by atoms with Crippen molar-refractivity contribution in [1.82, 2.24) is 15.1 Å². The molecule has 0 saturated carbocycles. The number of piperidine rings is 1. The molecule has 6 nitrogen and oxygen atoms in total. The first-order valence-corrected chi connectivity index (χ1v) is 9.53. The number of hydrogen-bond acceptors (Lipinski definition) is 4. The van der Waals surface area contributed by atoms with Gasteiger partial charge in [-0.2, -0.15) is 5.10 Å². The molecule has 0 bridgehead atoms. The third-order valence-electron chi connectivity index (χ3n) is 5.13. The van der Waals surface area contributed by atoms with Crippen LogP contribution in [0.1, 0.15) is 18.4 Å². The van der Waals surface area contributed by atoms with Crippen LogP contribution in [0.2, 0.25) is 0 Å². The maximum Gasteiger partial charge on any atom is 0.252 e. The maximum absolute atomic E-state index is 13.2. The lowest BCUT2D eigenvalue weighted by Gasteiger charge is -2.36. The van der Waals surface area contributed by atoms with Gasteiger partial charge in [0, 0.05) is 18.1 Å². The third kappa shape index (κ3) is 4.60. The highest BCUT2D eigenvalue weighted by atomic mass is 35.5. The molecule has 2 heterocycles. The summed E-state index contributed by atoms with van der Waals surface area (Å²) in [6.07, 6.45) is 4.99. The van der Waals surface area contributed by atoms with Crippen molar-refractivity contribution in [3.63, 3.8) is 0 Å². The van der Waals surface area contributed by atoms with E-state index in [0.29, 0.717) is 12.8 Å². The fourth-order valence-corrected chi connectivity index (χ4v) is 3.59. The Morgan fingerprint density at radius 1 is 1.10 bits per heavy atom. The Kier molecular flexibility index (Phi) is 6.56. The topological polar surface area (TPSA) is 68.2 Å². The summed E-state index contributed by atoms with van der Waals surface area (Å²) in [7, 11) is 0. The molecule has 1 aromatic heterocycles. The van der Waals surface area contributed by atoms with Crippen molar-refractivity contribution in [3.05, 3.63) is 72.6 Å². The van der Waals surface area contributed by atoms with Crippen LogP contribution in [0.5, 0.6) is 11.5 Å².